The first-order valence-corrected chi connectivity index (χ1v) is 9.00. The summed E-state index contributed by atoms with van der Waals surface area (Å²) in [5, 5.41) is 11.7. The zero-order valence-electron chi connectivity index (χ0n) is 13.8. The molecule has 0 amide bonds. The zero-order chi connectivity index (χ0) is 18.3. The van der Waals surface area contributed by atoms with Crippen molar-refractivity contribution in [1.82, 2.24) is 0 Å². The van der Waals surface area contributed by atoms with Gasteiger partial charge in [-0.1, -0.05) is 29.4 Å². The van der Waals surface area contributed by atoms with Crippen LogP contribution in [0.3, 0.4) is 0 Å². The molecule has 0 aliphatic heterocycles. The summed E-state index contributed by atoms with van der Waals surface area (Å²) in [6.45, 7) is 5.76. The third-order valence-electron chi connectivity index (χ3n) is 3.25. The summed E-state index contributed by atoms with van der Waals surface area (Å²) in [6, 6.07) is 11.1. The molecule has 25 heavy (non-hydrogen) atoms. The fraction of sp³-hybridized carbons (Fsp3) is 0.167. The molecule has 0 aliphatic carbocycles. The lowest BCUT2D eigenvalue weighted by Gasteiger charge is -2.16. The van der Waals surface area contributed by atoms with Crippen molar-refractivity contribution in [2.24, 2.45) is 5.16 Å². The van der Waals surface area contributed by atoms with Crippen molar-refractivity contribution in [3.63, 3.8) is 0 Å². The summed E-state index contributed by atoms with van der Waals surface area (Å²) >= 11 is 0. The van der Waals surface area contributed by atoms with Gasteiger partial charge < -0.3 is 14.1 Å². The molecule has 6 nitrogen and oxygen atoms in total. The van der Waals surface area contributed by atoms with Crippen LogP contribution in [-0.2, 0) is 16.5 Å². The van der Waals surface area contributed by atoms with Gasteiger partial charge in [-0.25, -0.2) is 0 Å². The van der Waals surface area contributed by atoms with Gasteiger partial charge in [-0.15, -0.1) is 6.58 Å². The van der Waals surface area contributed by atoms with Crippen LogP contribution in [0.2, 0.25) is 0 Å². The predicted octanol–water partition coefficient (Wildman–Crippen LogP) is 3.39. The third kappa shape index (κ3) is 4.60. The lowest BCUT2D eigenvalue weighted by molar-refractivity contribution is 0.321. The smallest absolute Gasteiger partial charge is 0.339 e. The average Bonchev–Trinajstić information content (AvgIpc) is 2.59. The maximum Gasteiger partial charge on any atom is 0.339 e. The van der Waals surface area contributed by atoms with Crippen LogP contribution in [0, 0.1) is 0 Å². The number of hydrogen-bond donors (Lipinski definition) is 1. The molecule has 0 saturated heterocycles. The Balaban J connectivity index is 2.55. The zero-order valence-corrected chi connectivity index (χ0v) is 14.6. The second kappa shape index (κ2) is 8.34. The Morgan fingerprint density at radius 1 is 1.24 bits per heavy atom. The van der Waals surface area contributed by atoms with Crippen LogP contribution in [0.5, 0.6) is 11.5 Å². The molecule has 0 heterocycles. The van der Waals surface area contributed by atoms with E-state index >= 15 is 0 Å². The molecule has 0 bridgehead atoms. The van der Waals surface area contributed by atoms with Gasteiger partial charge in [0.05, 0.1) is 12.8 Å². The van der Waals surface area contributed by atoms with Crippen LogP contribution in [0.25, 0.3) is 0 Å². The van der Waals surface area contributed by atoms with Gasteiger partial charge in [0.2, 0.25) is 0 Å². The minimum Gasteiger partial charge on any atom is -0.490 e. The minimum atomic E-state index is -4.02. The van der Waals surface area contributed by atoms with Gasteiger partial charge >= 0.3 is 10.1 Å². The Kier molecular flexibility index (Phi) is 6.19. The highest BCUT2D eigenvalue weighted by molar-refractivity contribution is 7.87. The van der Waals surface area contributed by atoms with Crippen molar-refractivity contribution in [1.29, 1.82) is 0 Å². The molecule has 0 spiro atoms. The molecule has 0 aliphatic rings. The van der Waals surface area contributed by atoms with Gasteiger partial charge in [0.1, 0.15) is 4.90 Å². The SMILES string of the molecule is C=CCc1cc(/C=N\O)cc(OCC)c1OS(=O)(=O)c1ccccc1. The number of hydrogen-bond acceptors (Lipinski definition) is 6. The average molecular weight is 361 g/mol. The molecule has 0 radical (unpaired) electrons. The maximum absolute atomic E-state index is 12.6. The van der Waals surface area contributed by atoms with E-state index in [2.05, 4.69) is 11.7 Å². The monoisotopic (exact) mass is 361 g/mol. The Bertz CT molecular complexity index is 861. The first kappa shape index (κ1) is 18.5. The van der Waals surface area contributed by atoms with E-state index < -0.39 is 10.1 Å². The minimum absolute atomic E-state index is 0.0444. The summed E-state index contributed by atoms with van der Waals surface area (Å²) in [5.41, 5.74) is 1.10. The molecule has 0 fully saturated rings. The molecule has 2 aromatic rings. The molecule has 0 saturated carbocycles. The van der Waals surface area contributed by atoms with Crippen LogP contribution < -0.4 is 8.92 Å². The van der Waals surface area contributed by atoms with Gasteiger partial charge in [0.25, 0.3) is 0 Å². The molecular formula is C18H19NO5S. The highest BCUT2D eigenvalue weighted by atomic mass is 32.2. The van der Waals surface area contributed by atoms with Gasteiger partial charge in [-0.3, -0.25) is 0 Å². The summed E-state index contributed by atoms with van der Waals surface area (Å²) in [5.74, 6) is 0.344. The molecule has 132 valence electrons. The number of allylic oxidation sites excluding steroid dienone is 1. The van der Waals surface area contributed by atoms with Crippen molar-refractivity contribution < 1.29 is 22.5 Å². The fourth-order valence-electron chi connectivity index (χ4n) is 2.23. The van der Waals surface area contributed by atoms with Crippen LogP contribution >= 0.6 is 0 Å². The summed E-state index contributed by atoms with van der Waals surface area (Å²) < 4.78 is 36.0. The largest absolute Gasteiger partial charge is 0.490 e. The molecule has 7 heteroatoms. The third-order valence-corrected chi connectivity index (χ3v) is 4.49. The molecule has 1 N–H and O–H groups in total. The predicted molar refractivity (Wildman–Crippen MR) is 95.1 cm³/mol. The first-order chi connectivity index (χ1) is 12.0. The van der Waals surface area contributed by atoms with Crippen molar-refractivity contribution in [3.8, 4) is 11.5 Å². The second-order valence-corrected chi connectivity index (χ2v) is 6.57. The van der Waals surface area contributed by atoms with E-state index in [1.54, 1.807) is 43.3 Å². The second-order valence-electron chi connectivity index (χ2n) is 5.03. The van der Waals surface area contributed by atoms with E-state index in [0.717, 1.165) is 0 Å². The molecule has 2 rings (SSSR count). The maximum atomic E-state index is 12.6. The standard InChI is InChI=1S/C18H19NO5S/c1-3-8-15-11-14(13-19-20)12-17(23-4-2)18(15)24-25(21,22)16-9-6-5-7-10-16/h3,5-7,9-13,20H,1,4,8H2,2H3/b19-13-. The molecule has 0 aromatic heterocycles. The topological polar surface area (TPSA) is 85.2 Å². The highest BCUT2D eigenvalue weighted by Gasteiger charge is 2.22. The van der Waals surface area contributed by atoms with E-state index in [9.17, 15) is 8.42 Å². The van der Waals surface area contributed by atoms with Crippen LogP contribution in [-0.4, -0.2) is 26.4 Å². The quantitative estimate of drug-likeness (QED) is 0.256. The number of benzene rings is 2. The fourth-order valence-corrected chi connectivity index (χ4v) is 3.23. The number of nitrogens with zero attached hydrogens (tertiary/aromatic N) is 1. The van der Waals surface area contributed by atoms with E-state index in [-0.39, 0.29) is 16.4 Å². The Morgan fingerprint density at radius 3 is 2.56 bits per heavy atom. The van der Waals surface area contributed by atoms with E-state index in [1.807, 2.05) is 0 Å². The van der Waals surface area contributed by atoms with Crippen molar-refractivity contribution >= 4 is 16.3 Å². The van der Waals surface area contributed by atoms with Gasteiger partial charge in [0.15, 0.2) is 11.5 Å². The first-order valence-electron chi connectivity index (χ1n) is 7.59. The summed E-state index contributed by atoms with van der Waals surface area (Å²) in [4.78, 5) is 0.0444. The molecule has 2 aromatic carbocycles. The Hall–Kier alpha value is -2.80. The van der Waals surface area contributed by atoms with Crippen molar-refractivity contribution in [3.05, 3.63) is 66.2 Å². The Labute approximate surface area is 147 Å². The van der Waals surface area contributed by atoms with Crippen LogP contribution in [0.4, 0.5) is 0 Å². The number of rotatable bonds is 8. The number of ether oxygens (including phenoxy) is 1. The van der Waals surface area contributed by atoms with Crippen LogP contribution in [0.1, 0.15) is 18.1 Å². The molecular weight excluding hydrogens is 342 g/mol. The van der Waals surface area contributed by atoms with Crippen LogP contribution in [0.15, 0.2) is 65.2 Å². The van der Waals surface area contributed by atoms with E-state index in [0.29, 0.717) is 24.2 Å². The van der Waals surface area contributed by atoms with E-state index in [1.165, 1.54) is 18.3 Å². The van der Waals surface area contributed by atoms with Crippen molar-refractivity contribution in [2.45, 2.75) is 18.2 Å². The molecule has 0 atom stereocenters. The summed E-state index contributed by atoms with van der Waals surface area (Å²) in [6.07, 6.45) is 3.20. The van der Waals surface area contributed by atoms with E-state index in [4.69, 9.17) is 14.1 Å². The van der Waals surface area contributed by atoms with Gasteiger partial charge in [0, 0.05) is 11.1 Å². The Morgan fingerprint density at radius 2 is 1.96 bits per heavy atom. The molecule has 0 unspecified atom stereocenters. The van der Waals surface area contributed by atoms with Crippen molar-refractivity contribution in [2.75, 3.05) is 6.61 Å². The summed E-state index contributed by atoms with van der Waals surface area (Å²) in [7, 11) is -4.02. The number of oxime groups is 1. The highest BCUT2D eigenvalue weighted by Crippen LogP contribution is 2.35. The lowest BCUT2D eigenvalue weighted by Crippen LogP contribution is -2.12. The normalized spacial score (nSPS) is 11.4. The van der Waals surface area contributed by atoms with Gasteiger partial charge in [-0.05, 0) is 37.6 Å². The van der Waals surface area contributed by atoms with Gasteiger partial charge in [-0.2, -0.15) is 8.42 Å². The lowest BCUT2D eigenvalue weighted by atomic mass is 10.1.